The van der Waals surface area contributed by atoms with Gasteiger partial charge in [0, 0.05) is 6.54 Å². The van der Waals surface area contributed by atoms with Crippen LogP contribution in [-0.4, -0.2) is 38.2 Å². The summed E-state index contributed by atoms with van der Waals surface area (Å²) in [5.41, 5.74) is 0.635. The van der Waals surface area contributed by atoms with Crippen molar-refractivity contribution < 1.29 is 4.52 Å². The van der Waals surface area contributed by atoms with Crippen molar-refractivity contribution in [2.24, 2.45) is 0 Å². The quantitative estimate of drug-likeness (QED) is 0.817. The van der Waals surface area contributed by atoms with Crippen molar-refractivity contribution in [1.29, 1.82) is 0 Å². The Morgan fingerprint density at radius 2 is 2.47 bits per heavy atom. The topological polar surface area (TPSA) is 81.7 Å². The van der Waals surface area contributed by atoms with Crippen LogP contribution in [0.3, 0.4) is 0 Å². The van der Waals surface area contributed by atoms with Crippen LogP contribution in [0.4, 0.5) is 0 Å². The molecule has 7 nitrogen and oxygen atoms in total. The van der Waals surface area contributed by atoms with Gasteiger partial charge in [-0.1, -0.05) is 10.4 Å². The number of hydrogen-bond acceptors (Lipinski definition) is 6. The van der Waals surface area contributed by atoms with Crippen molar-refractivity contribution in [1.82, 2.24) is 30.5 Å². The normalized spacial score (nSPS) is 20.6. The Kier molecular flexibility index (Phi) is 2.60. The summed E-state index contributed by atoms with van der Waals surface area (Å²) in [6.07, 6.45) is 4.16. The first-order valence-electron chi connectivity index (χ1n) is 5.76. The second-order valence-electron chi connectivity index (χ2n) is 4.23. The second kappa shape index (κ2) is 4.25. The van der Waals surface area contributed by atoms with Crippen molar-refractivity contribution >= 4 is 0 Å². The molecule has 0 aliphatic carbocycles. The van der Waals surface area contributed by atoms with Gasteiger partial charge in [-0.15, -0.1) is 5.10 Å². The average Bonchev–Trinajstić information content (AvgIpc) is 2.98. The van der Waals surface area contributed by atoms with E-state index in [4.69, 9.17) is 4.52 Å². The van der Waals surface area contributed by atoms with Crippen molar-refractivity contribution in [2.45, 2.75) is 25.8 Å². The Morgan fingerprint density at radius 3 is 3.18 bits per heavy atom. The van der Waals surface area contributed by atoms with Gasteiger partial charge in [-0.05, 0) is 26.3 Å². The molecule has 0 radical (unpaired) electrons. The van der Waals surface area contributed by atoms with Gasteiger partial charge >= 0.3 is 0 Å². The molecule has 3 heterocycles. The van der Waals surface area contributed by atoms with E-state index >= 15 is 0 Å². The first kappa shape index (κ1) is 10.4. The lowest BCUT2D eigenvalue weighted by Gasteiger charge is -2.22. The maximum absolute atomic E-state index is 5.06. The minimum Gasteiger partial charge on any atom is -0.332 e. The third-order valence-corrected chi connectivity index (χ3v) is 2.90. The second-order valence-corrected chi connectivity index (χ2v) is 4.23. The van der Waals surface area contributed by atoms with Gasteiger partial charge < -0.3 is 9.84 Å². The lowest BCUT2D eigenvalue weighted by Crippen LogP contribution is -2.31. The number of rotatable bonds is 2. The Hall–Kier alpha value is -1.76. The zero-order valence-corrected chi connectivity index (χ0v) is 9.63. The molecule has 0 unspecified atom stereocenters. The zero-order chi connectivity index (χ0) is 11.7. The van der Waals surface area contributed by atoms with E-state index in [0.717, 1.165) is 19.5 Å². The number of piperidine rings is 1. The van der Waals surface area contributed by atoms with Gasteiger partial charge in [0.25, 0.3) is 5.89 Å². The molecule has 0 bridgehead atoms. The Morgan fingerprint density at radius 1 is 1.53 bits per heavy atom. The highest BCUT2D eigenvalue weighted by Crippen LogP contribution is 2.19. The first-order valence-corrected chi connectivity index (χ1v) is 5.76. The van der Waals surface area contributed by atoms with Crippen molar-refractivity contribution in [3.63, 3.8) is 0 Å². The fraction of sp³-hybridized carbons (Fsp3) is 0.600. The lowest BCUT2D eigenvalue weighted by atomic mass is 10.1. The van der Waals surface area contributed by atoms with Gasteiger partial charge in [-0.2, -0.15) is 4.98 Å². The SMILES string of the molecule is Cc1noc(-c2cn([C@@H]3CCCNC3)nn2)n1. The molecule has 17 heavy (non-hydrogen) atoms. The first-order chi connectivity index (χ1) is 8.33. The largest absolute Gasteiger partial charge is 0.332 e. The van der Waals surface area contributed by atoms with Gasteiger partial charge in [0.05, 0.1) is 12.2 Å². The van der Waals surface area contributed by atoms with Gasteiger partial charge in [0.1, 0.15) is 0 Å². The van der Waals surface area contributed by atoms with Crippen molar-refractivity contribution in [3.8, 4) is 11.6 Å². The van der Waals surface area contributed by atoms with Crippen LogP contribution in [0.5, 0.6) is 0 Å². The van der Waals surface area contributed by atoms with Gasteiger partial charge in [-0.3, -0.25) is 0 Å². The summed E-state index contributed by atoms with van der Waals surface area (Å²) >= 11 is 0. The number of aromatic nitrogens is 5. The molecule has 0 amide bonds. The standard InChI is InChI=1S/C10H14N6O/c1-7-12-10(17-14-7)9-6-16(15-13-9)8-3-2-4-11-5-8/h6,8,11H,2-5H2,1H3/t8-/m1/s1. The third kappa shape index (κ3) is 2.05. The van der Waals surface area contributed by atoms with E-state index < -0.39 is 0 Å². The molecule has 1 aliphatic heterocycles. The van der Waals surface area contributed by atoms with E-state index in [2.05, 4.69) is 25.8 Å². The molecule has 0 spiro atoms. The summed E-state index contributed by atoms with van der Waals surface area (Å²) in [5, 5.41) is 15.3. The van der Waals surface area contributed by atoms with Crippen LogP contribution < -0.4 is 5.32 Å². The predicted octanol–water partition coefficient (Wildman–Crippen LogP) is 0.561. The lowest BCUT2D eigenvalue weighted by molar-refractivity contribution is 0.341. The molecule has 3 rings (SSSR count). The molecule has 0 saturated carbocycles. The summed E-state index contributed by atoms with van der Waals surface area (Å²) in [4.78, 5) is 4.13. The van der Waals surface area contributed by atoms with Crippen molar-refractivity contribution in [2.75, 3.05) is 13.1 Å². The summed E-state index contributed by atoms with van der Waals surface area (Å²) in [7, 11) is 0. The van der Waals surface area contributed by atoms with Gasteiger partial charge in [0.15, 0.2) is 11.5 Å². The average molecular weight is 234 g/mol. The molecule has 1 atom stereocenters. The molecule has 7 heteroatoms. The molecule has 2 aromatic rings. The highest BCUT2D eigenvalue weighted by molar-refractivity contribution is 5.43. The highest BCUT2D eigenvalue weighted by Gasteiger charge is 2.18. The van der Waals surface area contributed by atoms with E-state index in [9.17, 15) is 0 Å². The summed E-state index contributed by atoms with van der Waals surface area (Å²) in [6.45, 7) is 3.80. The summed E-state index contributed by atoms with van der Waals surface area (Å²) < 4.78 is 6.93. The van der Waals surface area contributed by atoms with E-state index in [1.165, 1.54) is 6.42 Å². The Labute approximate surface area is 98.2 Å². The Balaban J connectivity index is 1.82. The highest BCUT2D eigenvalue weighted by atomic mass is 16.5. The van der Waals surface area contributed by atoms with Crippen LogP contribution in [0.25, 0.3) is 11.6 Å². The maximum Gasteiger partial charge on any atom is 0.280 e. The fourth-order valence-corrected chi connectivity index (χ4v) is 2.01. The van der Waals surface area contributed by atoms with Crippen LogP contribution in [0.2, 0.25) is 0 Å². The molecule has 0 aromatic carbocycles. The summed E-state index contributed by atoms with van der Waals surface area (Å²) in [5.74, 6) is 1.03. The molecule has 90 valence electrons. The molecule has 1 aliphatic rings. The molecule has 1 fully saturated rings. The number of nitrogens with zero attached hydrogens (tertiary/aromatic N) is 5. The molecular formula is C10H14N6O. The molecule has 1 N–H and O–H groups in total. The Bertz CT molecular complexity index is 498. The minimum absolute atomic E-state index is 0.369. The van der Waals surface area contributed by atoms with Crippen LogP contribution in [-0.2, 0) is 0 Å². The third-order valence-electron chi connectivity index (χ3n) is 2.90. The zero-order valence-electron chi connectivity index (χ0n) is 9.63. The van der Waals surface area contributed by atoms with Crippen LogP contribution in [0, 0.1) is 6.92 Å². The van der Waals surface area contributed by atoms with Crippen molar-refractivity contribution in [3.05, 3.63) is 12.0 Å². The maximum atomic E-state index is 5.06. The van der Waals surface area contributed by atoms with Gasteiger partial charge in [-0.25, -0.2) is 4.68 Å². The van der Waals surface area contributed by atoms with E-state index in [1.54, 1.807) is 6.92 Å². The minimum atomic E-state index is 0.369. The number of nitrogens with one attached hydrogen (secondary N) is 1. The van der Waals surface area contributed by atoms with Crippen LogP contribution in [0.15, 0.2) is 10.7 Å². The number of hydrogen-bond donors (Lipinski definition) is 1. The van der Waals surface area contributed by atoms with E-state index in [0.29, 0.717) is 23.5 Å². The van der Waals surface area contributed by atoms with Gasteiger partial charge in [0.2, 0.25) is 0 Å². The number of aryl methyl sites for hydroxylation is 1. The summed E-state index contributed by atoms with van der Waals surface area (Å²) in [6, 6.07) is 0.369. The molecule has 2 aromatic heterocycles. The smallest absolute Gasteiger partial charge is 0.280 e. The van der Waals surface area contributed by atoms with E-state index in [1.807, 2.05) is 10.9 Å². The predicted molar refractivity (Wildman–Crippen MR) is 59.2 cm³/mol. The monoisotopic (exact) mass is 234 g/mol. The fourth-order valence-electron chi connectivity index (χ4n) is 2.01. The van der Waals surface area contributed by atoms with E-state index in [-0.39, 0.29) is 0 Å². The van der Waals surface area contributed by atoms with Crippen LogP contribution in [0.1, 0.15) is 24.7 Å². The van der Waals surface area contributed by atoms with Crippen LogP contribution >= 0.6 is 0 Å². The molecular weight excluding hydrogens is 220 g/mol. The molecule has 1 saturated heterocycles.